The second kappa shape index (κ2) is 11.6. The van der Waals surface area contributed by atoms with E-state index in [-0.39, 0.29) is 26.3 Å². The predicted octanol–water partition coefficient (Wildman–Crippen LogP) is 4.32. The van der Waals surface area contributed by atoms with Crippen LogP contribution in [0.1, 0.15) is 18.9 Å². The first-order valence-corrected chi connectivity index (χ1v) is 12.5. The van der Waals surface area contributed by atoms with Crippen LogP contribution in [0.2, 0.25) is 0 Å². The molecule has 2 saturated heterocycles. The average molecular weight is 523 g/mol. The van der Waals surface area contributed by atoms with Gasteiger partial charge in [0.1, 0.15) is 12.4 Å². The molecule has 2 aliphatic rings. The third-order valence-corrected chi connectivity index (χ3v) is 7.00. The van der Waals surface area contributed by atoms with Gasteiger partial charge in [0.15, 0.2) is 0 Å². The summed E-state index contributed by atoms with van der Waals surface area (Å²) in [6, 6.07) is 8.82. The number of alkyl halides is 3. The SMILES string of the molecule is Cc1ccc(NC(=O)N2CC[C@@H](C(C)C(F)(F)F)C2)cc1-c1cc(OCCO)nc(N2CCOCC2)c1. The lowest BCUT2D eigenvalue weighted by Gasteiger charge is -2.28. The Kier molecular flexibility index (Phi) is 8.43. The van der Waals surface area contributed by atoms with Gasteiger partial charge in [-0.25, -0.2) is 4.79 Å². The molecule has 0 saturated carbocycles. The Morgan fingerprint density at radius 2 is 2.00 bits per heavy atom. The van der Waals surface area contributed by atoms with Crippen LogP contribution in [-0.4, -0.2) is 79.8 Å². The molecule has 1 aromatic carbocycles. The number of aliphatic hydroxyl groups is 1. The zero-order valence-electron chi connectivity index (χ0n) is 21.1. The normalized spacial score (nSPS) is 19.1. The lowest BCUT2D eigenvalue weighted by atomic mass is 9.93. The maximum absolute atomic E-state index is 13.1. The molecule has 202 valence electrons. The maximum atomic E-state index is 13.1. The van der Waals surface area contributed by atoms with Gasteiger partial charge in [0.05, 0.1) is 25.7 Å². The van der Waals surface area contributed by atoms with Gasteiger partial charge in [0, 0.05) is 37.9 Å². The summed E-state index contributed by atoms with van der Waals surface area (Å²) in [7, 11) is 0. The zero-order chi connectivity index (χ0) is 26.6. The van der Waals surface area contributed by atoms with Gasteiger partial charge >= 0.3 is 12.2 Å². The minimum Gasteiger partial charge on any atom is -0.475 e. The number of pyridine rings is 1. The van der Waals surface area contributed by atoms with E-state index in [1.807, 2.05) is 25.1 Å². The molecule has 0 aliphatic carbocycles. The highest BCUT2D eigenvalue weighted by molar-refractivity contribution is 5.90. The molecule has 2 atom stereocenters. The van der Waals surface area contributed by atoms with E-state index in [0.29, 0.717) is 44.3 Å². The Bertz CT molecular complexity index is 1090. The topological polar surface area (TPSA) is 87.2 Å². The molecule has 8 nitrogen and oxygen atoms in total. The fourth-order valence-corrected chi connectivity index (χ4v) is 4.69. The Morgan fingerprint density at radius 3 is 2.70 bits per heavy atom. The van der Waals surface area contributed by atoms with E-state index in [2.05, 4.69) is 15.2 Å². The van der Waals surface area contributed by atoms with Crippen LogP contribution < -0.4 is 15.0 Å². The molecule has 4 rings (SSSR count). The summed E-state index contributed by atoms with van der Waals surface area (Å²) >= 11 is 0. The molecule has 37 heavy (non-hydrogen) atoms. The fourth-order valence-electron chi connectivity index (χ4n) is 4.69. The number of urea groups is 1. The molecule has 0 spiro atoms. The molecular weight excluding hydrogens is 489 g/mol. The van der Waals surface area contributed by atoms with Crippen LogP contribution in [0.25, 0.3) is 11.1 Å². The number of likely N-dealkylation sites (tertiary alicyclic amines) is 1. The van der Waals surface area contributed by atoms with Crippen molar-refractivity contribution in [3.05, 3.63) is 35.9 Å². The summed E-state index contributed by atoms with van der Waals surface area (Å²) in [4.78, 5) is 21.0. The van der Waals surface area contributed by atoms with Crippen LogP contribution in [0.15, 0.2) is 30.3 Å². The quantitative estimate of drug-likeness (QED) is 0.564. The number of carbonyl (C=O) groups is 1. The molecule has 11 heteroatoms. The van der Waals surface area contributed by atoms with Gasteiger partial charge in [-0.3, -0.25) is 0 Å². The average Bonchev–Trinajstić information content (AvgIpc) is 3.38. The highest BCUT2D eigenvalue weighted by Crippen LogP contribution is 2.37. The van der Waals surface area contributed by atoms with Crippen LogP contribution in [0.4, 0.5) is 29.5 Å². The van der Waals surface area contributed by atoms with Crippen LogP contribution in [0.5, 0.6) is 5.88 Å². The molecule has 2 aliphatic heterocycles. The number of aryl methyl sites for hydroxylation is 1. The summed E-state index contributed by atoms with van der Waals surface area (Å²) in [6.45, 7) is 6.03. The highest BCUT2D eigenvalue weighted by atomic mass is 19.4. The molecule has 2 aromatic rings. The number of amides is 2. The van der Waals surface area contributed by atoms with Crippen molar-refractivity contribution in [1.82, 2.24) is 9.88 Å². The van der Waals surface area contributed by atoms with Crippen molar-refractivity contribution in [2.45, 2.75) is 26.4 Å². The van der Waals surface area contributed by atoms with Crippen LogP contribution >= 0.6 is 0 Å². The van der Waals surface area contributed by atoms with Crippen molar-refractivity contribution in [1.29, 1.82) is 0 Å². The van der Waals surface area contributed by atoms with Crippen molar-refractivity contribution in [2.75, 3.05) is 62.8 Å². The molecule has 0 bridgehead atoms. The van der Waals surface area contributed by atoms with Gasteiger partial charge < -0.3 is 29.7 Å². The Balaban J connectivity index is 1.54. The first-order chi connectivity index (χ1) is 17.7. The summed E-state index contributed by atoms with van der Waals surface area (Å²) in [5.41, 5.74) is 3.19. The van der Waals surface area contributed by atoms with Gasteiger partial charge in [-0.15, -0.1) is 0 Å². The number of morpholine rings is 1. The van der Waals surface area contributed by atoms with Crippen LogP contribution in [-0.2, 0) is 4.74 Å². The number of rotatable bonds is 7. The number of ether oxygens (including phenoxy) is 2. The Morgan fingerprint density at radius 1 is 1.24 bits per heavy atom. The van der Waals surface area contributed by atoms with Gasteiger partial charge in [-0.05, 0) is 54.2 Å². The smallest absolute Gasteiger partial charge is 0.391 e. The van der Waals surface area contributed by atoms with Gasteiger partial charge in [0.25, 0.3) is 0 Å². The lowest BCUT2D eigenvalue weighted by molar-refractivity contribution is -0.182. The van der Waals surface area contributed by atoms with Crippen molar-refractivity contribution < 1.29 is 32.5 Å². The molecule has 2 fully saturated rings. The van der Waals surface area contributed by atoms with E-state index in [1.54, 1.807) is 12.1 Å². The second-order valence-corrected chi connectivity index (χ2v) is 9.51. The number of aromatic nitrogens is 1. The Labute approximate surface area is 214 Å². The third-order valence-electron chi connectivity index (χ3n) is 7.00. The Hall–Kier alpha value is -3.05. The summed E-state index contributed by atoms with van der Waals surface area (Å²) < 4.78 is 50.4. The predicted molar refractivity (Wildman–Crippen MR) is 134 cm³/mol. The van der Waals surface area contributed by atoms with E-state index < -0.39 is 24.0 Å². The number of hydrogen-bond acceptors (Lipinski definition) is 6. The van der Waals surface area contributed by atoms with Crippen molar-refractivity contribution in [3.63, 3.8) is 0 Å². The van der Waals surface area contributed by atoms with Crippen LogP contribution in [0.3, 0.4) is 0 Å². The number of nitrogens with zero attached hydrogens (tertiary/aromatic N) is 3. The van der Waals surface area contributed by atoms with Crippen molar-refractivity contribution in [2.24, 2.45) is 11.8 Å². The van der Waals surface area contributed by atoms with Gasteiger partial charge in [-0.1, -0.05) is 13.0 Å². The number of halogens is 3. The van der Waals surface area contributed by atoms with E-state index in [1.165, 1.54) is 11.8 Å². The van der Waals surface area contributed by atoms with Crippen molar-refractivity contribution >= 4 is 17.5 Å². The fraction of sp³-hybridized carbons (Fsp3) is 0.538. The molecule has 2 N–H and O–H groups in total. The van der Waals surface area contributed by atoms with E-state index in [9.17, 15) is 23.1 Å². The molecule has 1 unspecified atom stereocenters. The van der Waals surface area contributed by atoms with Crippen LogP contribution in [0, 0.1) is 18.8 Å². The minimum absolute atomic E-state index is 0.0735. The monoisotopic (exact) mass is 522 g/mol. The number of hydrogen-bond donors (Lipinski definition) is 2. The number of nitrogens with one attached hydrogen (secondary N) is 1. The van der Waals surface area contributed by atoms with E-state index >= 15 is 0 Å². The summed E-state index contributed by atoms with van der Waals surface area (Å²) in [5.74, 6) is -0.953. The highest BCUT2D eigenvalue weighted by Gasteiger charge is 2.44. The molecule has 3 heterocycles. The maximum Gasteiger partial charge on any atom is 0.391 e. The second-order valence-electron chi connectivity index (χ2n) is 9.51. The van der Waals surface area contributed by atoms with Gasteiger partial charge in [-0.2, -0.15) is 18.2 Å². The summed E-state index contributed by atoms with van der Waals surface area (Å²) in [5, 5.41) is 12.0. The minimum atomic E-state index is -4.27. The summed E-state index contributed by atoms with van der Waals surface area (Å²) in [6.07, 6.45) is -3.95. The first-order valence-electron chi connectivity index (χ1n) is 12.5. The zero-order valence-corrected chi connectivity index (χ0v) is 21.1. The number of aliphatic hydroxyl groups excluding tert-OH is 1. The number of anilines is 2. The molecule has 0 radical (unpaired) electrons. The largest absolute Gasteiger partial charge is 0.475 e. The van der Waals surface area contributed by atoms with Crippen molar-refractivity contribution in [3.8, 4) is 17.0 Å². The lowest BCUT2D eigenvalue weighted by Crippen LogP contribution is -2.36. The molecule has 2 amide bonds. The molecule has 1 aromatic heterocycles. The number of benzene rings is 1. The standard InChI is InChI=1S/C26H33F3N4O4/c1-17-3-4-21(30-25(35)33-6-5-19(16-33)18(2)26(27,28)29)15-22(17)20-13-23(32-7-10-36-11-8-32)31-24(14-20)37-12-9-34/h3-4,13-15,18-19,34H,5-12,16H2,1-2H3,(H,30,35)/t18?,19-/m1/s1. The van der Waals surface area contributed by atoms with Gasteiger partial charge in [0.2, 0.25) is 5.88 Å². The number of carbonyl (C=O) groups excluding carboxylic acids is 1. The molecular formula is C26H33F3N4O4. The third kappa shape index (κ3) is 6.64. The van der Waals surface area contributed by atoms with E-state index in [0.717, 1.165) is 22.5 Å². The first kappa shape index (κ1) is 27.0. The van der Waals surface area contributed by atoms with E-state index in [4.69, 9.17) is 9.47 Å².